The molecule has 0 aliphatic carbocycles. The molecule has 4 aromatic rings. The van der Waals surface area contributed by atoms with Gasteiger partial charge in [-0.15, -0.1) is 0 Å². The highest BCUT2D eigenvalue weighted by atomic mass is 19.4. The molecule has 170 valence electrons. The Morgan fingerprint density at radius 2 is 1.73 bits per heavy atom. The Balaban J connectivity index is 1.62. The predicted octanol–water partition coefficient (Wildman–Crippen LogP) is 4.95. The molecule has 1 N–H and O–H groups in total. The molecule has 2 heterocycles. The lowest BCUT2D eigenvalue weighted by Gasteiger charge is -2.09. The number of aromatic nitrogens is 4. The average molecular weight is 455 g/mol. The Hall–Kier alpha value is -4.08. The van der Waals surface area contributed by atoms with E-state index in [0.717, 1.165) is 29.2 Å². The van der Waals surface area contributed by atoms with Crippen LogP contribution in [-0.2, 0) is 6.18 Å². The summed E-state index contributed by atoms with van der Waals surface area (Å²) in [6.07, 6.45) is -3.14. The van der Waals surface area contributed by atoms with Crippen molar-refractivity contribution in [2.45, 2.75) is 20.0 Å². The van der Waals surface area contributed by atoms with Crippen LogP contribution in [0.15, 0.2) is 60.8 Å². The molecule has 0 saturated heterocycles. The molecule has 10 heteroatoms. The third-order valence-electron chi connectivity index (χ3n) is 4.91. The van der Waals surface area contributed by atoms with Crippen LogP contribution >= 0.6 is 0 Å². The molecular weight excluding hydrogens is 435 g/mol. The molecule has 0 bridgehead atoms. The number of halogens is 3. The minimum atomic E-state index is -4.50. The molecule has 7 nitrogen and oxygen atoms in total. The van der Waals surface area contributed by atoms with E-state index in [9.17, 15) is 18.0 Å². The number of alkyl halides is 3. The first-order valence-corrected chi connectivity index (χ1v) is 9.92. The van der Waals surface area contributed by atoms with Gasteiger partial charge in [0.15, 0.2) is 11.4 Å². The molecule has 4 rings (SSSR count). The molecule has 0 spiro atoms. The van der Waals surface area contributed by atoms with Crippen LogP contribution in [0, 0.1) is 13.8 Å². The van der Waals surface area contributed by atoms with Crippen LogP contribution in [0.4, 0.5) is 18.9 Å². The molecule has 33 heavy (non-hydrogen) atoms. The molecule has 0 aliphatic rings. The second kappa shape index (κ2) is 8.45. The average Bonchev–Trinajstić information content (AvgIpc) is 3.36. The van der Waals surface area contributed by atoms with Gasteiger partial charge in [0.25, 0.3) is 5.91 Å². The van der Waals surface area contributed by atoms with Crippen LogP contribution in [0.25, 0.3) is 11.4 Å². The standard InChI is InChI=1S/C23H20F3N5O2/c1-14-10-15(2)31(28-14)19-9-5-7-17(12-19)27-22(32)21-20(33-3)13-30(29-21)18-8-4-6-16(11-18)23(24,25)26/h4-13H,1-3H3,(H,27,32). The van der Waals surface area contributed by atoms with E-state index in [4.69, 9.17) is 4.74 Å². The number of hydrogen-bond acceptors (Lipinski definition) is 4. The summed E-state index contributed by atoms with van der Waals surface area (Å²) in [4.78, 5) is 12.9. The molecule has 0 radical (unpaired) electrons. The summed E-state index contributed by atoms with van der Waals surface area (Å²) in [5.74, 6) is -0.442. The van der Waals surface area contributed by atoms with Crippen molar-refractivity contribution in [1.82, 2.24) is 19.6 Å². The van der Waals surface area contributed by atoms with Crippen LogP contribution < -0.4 is 10.1 Å². The van der Waals surface area contributed by atoms with E-state index < -0.39 is 17.6 Å². The first kappa shape index (κ1) is 22.1. The monoisotopic (exact) mass is 455 g/mol. The first-order chi connectivity index (χ1) is 15.7. The van der Waals surface area contributed by atoms with Gasteiger partial charge in [0.1, 0.15) is 0 Å². The summed E-state index contributed by atoms with van der Waals surface area (Å²) < 4.78 is 47.4. The Kier molecular flexibility index (Phi) is 5.67. The van der Waals surface area contributed by atoms with Gasteiger partial charge in [0.05, 0.1) is 35.9 Å². The lowest BCUT2D eigenvalue weighted by atomic mass is 10.2. The Bertz CT molecular complexity index is 1320. The molecule has 0 saturated carbocycles. The fraction of sp³-hybridized carbons (Fsp3) is 0.174. The predicted molar refractivity (Wildman–Crippen MR) is 116 cm³/mol. The molecule has 1 amide bonds. The van der Waals surface area contributed by atoms with E-state index in [1.165, 1.54) is 30.1 Å². The number of methoxy groups -OCH3 is 1. The van der Waals surface area contributed by atoms with E-state index in [2.05, 4.69) is 15.5 Å². The van der Waals surface area contributed by atoms with E-state index in [1.54, 1.807) is 22.9 Å². The van der Waals surface area contributed by atoms with Crippen molar-refractivity contribution in [1.29, 1.82) is 0 Å². The van der Waals surface area contributed by atoms with E-state index in [-0.39, 0.29) is 17.1 Å². The van der Waals surface area contributed by atoms with Crippen molar-refractivity contribution >= 4 is 11.6 Å². The van der Waals surface area contributed by atoms with Gasteiger partial charge in [-0.1, -0.05) is 12.1 Å². The Morgan fingerprint density at radius 3 is 2.39 bits per heavy atom. The summed E-state index contributed by atoms with van der Waals surface area (Å²) in [6.45, 7) is 3.82. The fourth-order valence-electron chi connectivity index (χ4n) is 3.42. The molecule has 2 aromatic heterocycles. The van der Waals surface area contributed by atoms with E-state index >= 15 is 0 Å². The van der Waals surface area contributed by atoms with Gasteiger partial charge < -0.3 is 10.1 Å². The lowest BCUT2D eigenvalue weighted by Crippen LogP contribution is -2.14. The van der Waals surface area contributed by atoms with Crippen molar-refractivity contribution in [2.24, 2.45) is 0 Å². The summed E-state index contributed by atoms with van der Waals surface area (Å²) in [6, 6.07) is 13.7. The fourth-order valence-corrected chi connectivity index (χ4v) is 3.42. The minimum Gasteiger partial charge on any atom is -0.493 e. The molecule has 0 fully saturated rings. The van der Waals surface area contributed by atoms with Crippen molar-refractivity contribution in [3.63, 3.8) is 0 Å². The van der Waals surface area contributed by atoms with E-state index in [0.29, 0.717) is 5.69 Å². The van der Waals surface area contributed by atoms with Gasteiger partial charge in [-0.05, 0) is 56.3 Å². The molecule has 2 aromatic carbocycles. The van der Waals surface area contributed by atoms with Crippen LogP contribution in [-0.4, -0.2) is 32.6 Å². The Morgan fingerprint density at radius 1 is 1.00 bits per heavy atom. The molecular formula is C23H20F3N5O2. The van der Waals surface area contributed by atoms with Crippen LogP contribution in [0.1, 0.15) is 27.4 Å². The van der Waals surface area contributed by atoms with Crippen molar-refractivity contribution in [2.75, 3.05) is 12.4 Å². The molecule has 0 unspecified atom stereocenters. The number of carbonyl (C=O) groups excluding carboxylic acids is 1. The number of hydrogen-bond donors (Lipinski definition) is 1. The lowest BCUT2D eigenvalue weighted by molar-refractivity contribution is -0.137. The van der Waals surface area contributed by atoms with Gasteiger partial charge >= 0.3 is 6.18 Å². The summed E-state index contributed by atoms with van der Waals surface area (Å²) in [5, 5.41) is 11.4. The number of rotatable bonds is 5. The molecule has 0 aliphatic heterocycles. The van der Waals surface area contributed by atoms with Crippen LogP contribution in [0.5, 0.6) is 5.75 Å². The third-order valence-corrected chi connectivity index (χ3v) is 4.91. The number of aryl methyl sites for hydroxylation is 2. The maximum atomic E-state index is 13.1. The van der Waals surface area contributed by atoms with Crippen LogP contribution in [0.2, 0.25) is 0 Å². The summed E-state index contributed by atoms with van der Waals surface area (Å²) in [5.41, 5.74) is 2.34. The van der Waals surface area contributed by atoms with Crippen molar-refractivity contribution < 1.29 is 22.7 Å². The van der Waals surface area contributed by atoms with Gasteiger partial charge in [-0.2, -0.15) is 23.4 Å². The van der Waals surface area contributed by atoms with Gasteiger partial charge in [-0.25, -0.2) is 9.36 Å². The normalized spacial score (nSPS) is 11.5. The summed E-state index contributed by atoms with van der Waals surface area (Å²) >= 11 is 0. The van der Waals surface area contributed by atoms with Gasteiger partial charge in [0.2, 0.25) is 0 Å². The maximum absolute atomic E-state index is 13.1. The minimum absolute atomic E-state index is 0.0635. The highest BCUT2D eigenvalue weighted by molar-refractivity contribution is 6.04. The number of benzene rings is 2. The number of nitrogens with one attached hydrogen (secondary N) is 1. The second-order valence-corrected chi connectivity index (χ2v) is 7.38. The van der Waals surface area contributed by atoms with Gasteiger partial charge in [0, 0.05) is 11.4 Å². The molecule has 0 atom stereocenters. The Labute approximate surface area is 187 Å². The summed E-state index contributed by atoms with van der Waals surface area (Å²) in [7, 11) is 1.35. The maximum Gasteiger partial charge on any atom is 0.416 e. The number of nitrogens with zero attached hydrogens (tertiary/aromatic N) is 4. The number of carbonyl (C=O) groups is 1. The second-order valence-electron chi connectivity index (χ2n) is 7.38. The zero-order valence-electron chi connectivity index (χ0n) is 18.0. The highest BCUT2D eigenvalue weighted by Crippen LogP contribution is 2.31. The quantitative estimate of drug-likeness (QED) is 0.462. The largest absolute Gasteiger partial charge is 0.493 e. The van der Waals surface area contributed by atoms with E-state index in [1.807, 2.05) is 26.0 Å². The van der Waals surface area contributed by atoms with Crippen molar-refractivity contribution in [3.05, 3.63) is 83.4 Å². The number of anilines is 1. The zero-order valence-corrected chi connectivity index (χ0v) is 18.0. The third kappa shape index (κ3) is 4.59. The zero-order chi connectivity index (χ0) is 23.8. The van der Waals surface area contributed by atoms with Gasteiger partial charge in [-0.3, -0.25) is 4.79 Å². The SMILES string of the molecule is COc1cn(-c2cccc(C(F)(F)F)c2)nc1C(=O)Nc1cccc(-n2nc(C)cc2C)c1. The number of ether oxygens (including phenoxy) is 1. The topological polar surface area (TPSA) is 74.0 Å². The highest BCUT2D eigenvalue weighted by Gasteiger charge is 2.30. The first-order valence-electron chi connectivity index (χ1n) is 9.92. The van der Waals surface area contributed by atoms with Crippen LogP contribution in [0.3, 0.4) is 0 Å². The van der Waals surface area contributed by atoms with Crippen molar-refractivity contribution in [3.8, 4) is 17.1 Å². The number of amides is 1. The smallest absolute Gasteiger partial charge is 0.416 e.